The summed E-state index contributed by atoms with van der Waals surface area (Å²) in [5.41, 5.74) is 7.42. The third-order valence-electron chi connectivity index (χ3n) is 6.30. The van der Waals surface area contributed by atoms with E-state index in [1.165, 1.54) is 0 Å². The predicted molar refractivity (Wildman–Crippen MR) is 132 cm³/mol. The minimum atomic E-state index is -0.963. The summed E-state index contributed by atoms with van der Waals surface area (Å²) >= 11 is 0. The number of nitrogens with zero attached hydrogens (tertiary/aromatic N) is 4. The summed E-state index contributed by atoms with van der Waals surface area (Å²) < 4.78 is 0. The maximum Gasteiger partial charge on any atom is 0.317 e. The number of carboxylic acids is 2. The third-order valence-corrected chi connectivity index (χ3v) is 6.30. The molecule has 0 aromatic heterocycles. The van der Waals surface area contributed by atoms with E-state index in [9.17, 15) is 19.8 Å². The van der Waals surface area contributed by atoms with E-state index in [2.05, 4.69) is 19.6 Å². The van der Waals surface area contributed by atoms with Crippen LogP contribution in [-0.2, 0) is 25.8 Å². The van der Waals surface area contributed by atoms with Crippen LogP contribution in [0, 0.1) is 0 Å². The molecule has 1 atom stereocenters. The molecule has 204 valence electrons. The first-order valence-electron chi connectivity index (χ1n) is 12.0. The van der Waals surface area contributed by atoms with Gasteiger partial charge in [0.1, 0.15) is 0 Å². The normalized spacial score (nSPS) is 20.0. The number of carbonyl (C=O) groups is 2. The van der Waals surface area contributed by atoms with E-state index in [0.717, 1.165) is 5.56 Å². The van der Waals surface area contributed by atoms with Gasteiger partial charge in [0.05, 0.1) is 26.3 Å². The van der Waals surface area contributed by atoms with Crippen LogP contribution in [0.3, 0.4) is 0 Å². The number of nitrogens with two attached hydrogens (primary N) is 1. The Morgan fingerprint density at radius 3 is 1.81 bits per heavy atom. The molecule has 1 aromatic carbocycles. The molecule has 1 saturated heterocycles. The Balaban J connectivity index is 2.33. The van der Waals surface area contributed by atoms with Crippen molar-refractivity contribution in [3.63, 3.8) is 0 Å². The minimum Gasteiger partial charge on any atom is -0.480 e. The average molecular weight is 514 g/mol. The molecular formula is C23H39N5O8. The molecule has 0 saturated carbocycles. The Labute approximate surface area is 211 Å². The fourth-order valence-electron chi connectivity index (χ4n) is 4.37. The van der Waals surface area contributed by atoms with Gasteiger partial charge in [-0.25, -0.2) is 9.78 Å². The summed E-state index contributed by atoms with van der Waals surface area (Å²) in [4.78, 5) is 39.8. The van der Waals surface area contributed by atoms with Crippen molar-refractivity contribution in [2.45, 2.75) is 12.5 Å². The minimum absolute atomic E-state index is 0.111. The topological polar surface area (TPSA) is 172 Å². The van der Waals surface area contributed by atoms with Gasteiger partial charge in [-0.15, -0.1) is 0 Å². The van der Waals surface area contributed by atoms with E-state index in [0.29, 0.717) is 71.0 Å². The third kappa shape index (κ3) is 11.6. The molecule has 1 aliphatic heterocycles. The fourth-order valence-corrected chi connectivity index (χ4v) is 4.37. The first-order valence-corrected chi connectivity index (χ1v) is 12.0. The Morgan fingerprint density at radius 1 is 0.806 bits per heavy atom. The Kier molecular flexibility index (Phi) is 13.6. The smallest absolute Gasteiger partial charge is 0.317 e. The molecule has 6 N–H and O–H groups in total. The molecule has 0 aliphatic carbocycles. The molecule has 1 heterocycles. The summed E-state index contributed by atoms with van der Waals surface area (Å²) in [6.45, 7) is 4.28. The standard InChI is InChI=1S/C23H39N5O8/c24-20-3-1-19(2-4-20)15-21-16-27(17-22(29)30)8-7-25(11-13-35-33)5-6-26(12-14-36-34)9-10-28(21)18-23(31)32/h1-4,21,33-34H,5-18,24H2,(H,29,30)(H,31,32). The summed E-state index contributed by atoms with van der Waals surface area (Å²) in [5.74, 6) is -1.92. The van der Waals surface area contributed by atoms with Gasteiger partial charge >= 0.3 is 11.9 Å². The number of hydrogen-bond donors (Lipinski definition) is 5. The van der Waals surface area contributed by atoms with Gasteiger partial charge in [-0.3, -0.25) is 39.7 Å². The Bertz CT molecular complexity index is 784. The van der Waals surface area contributed by atoms with Crippen LogP contribution in [0.15, 0.2) is 24.3 Å². The van der Waals surface area contributed by atoms with Crippen LogP contribution in [0.25, 0.3) is 0 Å². The number of rotatable bonds is 12. The van der Waals surface area contributed by atoms with E-state index in [-0.39, 0.29) is 32.3 Å². The van der Waals surface area contributed by atoms with E-state index < -0.39 is 11.9 Å². The van der Waals surface area contributed by atoms with Crippen molar-refractivity contribution in [2.24, 2.45) is 0 Å². The maximum atomic E-state index is 11.8. The molecule has 1 fully saturated rings. The van der Waals surface area contributed by atoms with Crippen LogP contribution in [-0.4, -0.2) is 144 Å². The zero-order valence-corrected chi connectivity index (χ0v) is 20.6. The lowest BCUT2D eigenvalue weighted by molar-refractivity contribution is -0.245. The summed E-state index contributed by atoms with van der Waals surface area (Å²) in [5, 5.41) is 36.8. The van der Waals surface area contributed by atoms with E-state index in [1.807, 2.05) is 21.9 Å². The van der Waals surface area contributed by atoms with E-state index in [4.69, 9.17) is 16.2 Å². The Hall–Kier alpha value is -2.36. The van der Waals surface area contributed by atoms with Crippen LogP contribution in [0.1, 0.15) is 5.56 Å². The highest BCUT2D eigenvalue weighted by atomic mass is 17.1. The number of aliphatic carboxylic acids is 2. The average Bonchev–Trinajstić information content (AvgIpc) is 2.83. The maximum absolute atomic E-state index is 11.8. The number of carboxylic acid groups (broad SMARTS) is 2. The monoisotopic (exact) mass is 513 g/mol. The molecule has 13 nitrogen and oxygen atoms in total. The van der Waals surface area contributed by atoms with Gasteiger partial charge in [0.2, 0.25) is 0 Å². The van der Waals surface area contributed by atoms with Crippen molar-refractivity contribution in [3.05, 3.63) is 29.8 Å². The predicted octanol–water partition coefficient (Wildman–Crippen LogP) is -0.450. The van der Waals surface area contributed by atoms with Gasteiger partial charge in [0, 0.05) is 70.6 Å². The largest absolute Gasteiger partial charge is 0.480 e. The van der Waals surface area contributed by atoms with E-state index in [1.54, 1.807) is 12.1 Å². The molecule has 0 spiro atoms. The van der Waals surface area contributed by atoms with Gasteiger partial charge in [-0.05, 0) is 24.1 Å². The van der Waals surface area contributed by atoms with Crippen molar-refractivity contribution < 1.29 is 40.1 Å². The van der Waals surface area contributed by atoms with Crippen LogP contribution in [0.5, 0.6) is 0 Å². The fraction of sp³-hybridized carbons (Fsp3) is 0.652. The molecule has 0 bridgehead atoms. The van der Waals surface area contributed by atoms with Crippen molar-refractivity contribution >= 4 is 17.6 Å². The molecule has 0 amide bonds. The molecule has 1 unspecified atom stereocenters. The summed E-state index contributed by atoms with van der Waals surface area (Å²) in [6.07, 6.45) is 0.519. The van der Waals surface area contributed by atoms with Crippen LogP contribution < -0.4 is 5.73 Å². The second-order valence-electron chi connectivity index (χ2n) is 8.94. The highest BCUT2D eigenvalue weighted by molar-refractivity contribution is 5.69. The van der Waals surface area contributed by atoms with E-state index >= 15 is 0 Å². The quantitative estimate of drug-likeness (QED) is 0.138. The second-order valence-corrected chi connectivity index (χ2v) is 8.94. The summed E-state index contributed by atoms with van der Waals surface area (Å²) in [6, 6.07) is 7.10. The van der Waals surface area contributed by atoms with Gasteiger partial charge in [0.25, 0.3) is 0 Å². The molecule has 1 aliphatic rings. The zero-order chi connectivity index (χ0) is 26.3. The van der Waals surface area contributed by atoms with Crippen LogP contribution in [0.4, 0.5) is 5.69 Å². The van der Waals surface area contributed by atoms with Gasteiger partial charge in [-0.1, -0.05) is 12.1 Å². The lowest BCUT2D eigenvalue weighted by Gasteiger charge is -2.38. The first kappa shape index (κ1) is 29.9. The number of anilines is 1. The van der Waals surface area contributed by atoms with Crippen molar-refractivity contribution in [1.29, 1.82) is 0 Å². The second kappa shape index (κ2) is 16.4. The zero-order valence-electron chi connectivity index (χ0n) is 20.6. The van der Waals surface area contributed by atoms with Gasteiger partial charge in [0.15, 0.2) is 0 Å². The highest BCUT2D eigenvalue weighted by Crippen LogP contribution is 2.14. The van der Waals surface area contributed by atoms with Crippen molar-refractivity contribution in [2.75, 3.05) is 90.9 Å². The lowest BCUT2D eigenvalue weighted by Crippen LogP contribution is -2.53. The number of hydrogen-bond acceptors (Lipinski definition) is 11. The first-order chi connectivity index (χ1) is 17.3. The molecule has 13 heteroatoms. The molecule has 0 radical (unpaired) electrons. The van der Waals surface area contributed by atoms with Gasteiger partial charge in [-0.2, -0.15) is 0 Å². The number of nitrogen functional groups attached to an aromatic ring is 1. The summed E-state index contributed by atoms with van der Waals surface area (Å²) in [7, 11) is 0. The molecule has 2 rings (SSSR count). The molecule has 1 aromatic rings. The highest BCUT2D eigenvalue weighted by Gasteiger charge is 2.26. The van der Waals surface area contributed by atoms with Gasteiger partial charge < -0.3 is 15.9 Å². The number of benzene rings is 1. The molecular weight excluding hydrogens is 474 g/mol. The SMILES string of the molecule is Nc1ccc(CC2CN(CC(=O)O)CCN(CCOO)CCN(CCOO)CCN2CC(=O)O)cc1. The molecule has 36 heavy (non-hydrogen) atoms. The Morgan fingerprint density at radius 2 is 1.31 bits per heavy atom. The van der Waals surface area contributed by atoms with Crippen LogP contribution >= 0.6 is 0 Å². The lowest BCUT2D eigenvalue weighted by atomic mass is 10.0. The van der Waals surface area contributed by atoms with Crippen LogP contribution in [0.2, 0.25) is 0 Å². The van der Waals surface area contributed by atoms with Crippen molar-refractivity contribution in [3.8, 4) is 0 Å². The van der Waals surface area contributed by atoms with Crippen molar-refractivity contribution in [1.82, 2.24) is 19.6 Å².